The lowest BCUT2D eigenvalue weighted by molar-refractivity contribution is -0.117. The highest BCUT2D eigenvalue weighted by Gasteiger charge is 2.20. The van der Waals surface area contributed by atoms with Crippen LogP contribution in [0.5, 0.6) is 0 Å². The number of aromatic nitrogens is 3. The molecule has 0 aliphatic carbocycles. The fourth-order valence-electron chi connectivity index (χ4n) is 3.31. The van der Waals surface area contributed by atoms with Gasteiger partial charge in [-0.05, 0) is 43.3 Å². The van der Waals surface area contributed by atoms with Crippen LogP contribution in [0.15, 0.2) is 30.5 Å². The van der Waals surface area contributed by atoms with Crippen molar-refractivity contribution in [2.75, 3.05) is 25.0 Å². The third kappa shape index (κ3) is 3.73. The second-order valence-corrected chi connectivity index (χ2v) is 8.12. The molecule has 0 radical (unpaired) electrons. The molecule has 1 atom stereocenters. The van der Waals surface area contributed by atoms with Crippen molar-refractivity contribution in [1.82, 2.24) is 20.1 Å². The number of anilines is 1. The van der Waals surface area contributed by atoms with Gasteiger partial charge in [-0.1, -0.05) is 30.4 Å². The molecule has 0 spiro atoms. The van der Waals surface area contributed by atoms with Crippen molar-refractivity contribution in [2.45, 2.75) is 20.3 Å². The van der Waals surface area contributed by atoms with Crippen molar-refractivity contribution < 1.29 is 4.79 Å². The molecule has 6 nitrogen and oxygen atoms in total. The molecule has 26 heavy (non-hydrogen) atoms. The van der Waals surface area contributed by atoms with E-state index in [0.717, 1.165) is 45.9 Å². The van der Waals surface area contributed by atoms with Gasteiger partial charge in [-0.3, -0.25) is 9.69 Å². The van der Waals surface area contributed by atoms with Gasteiger partial charge >= 0.3 is 0 Å². The number of hydrogen-bond donors (Lipinski definition) is 1. The van der Waals surface area contributed by atoms with Gasteiger partial charge in [0.05, 0.1) is 6.54 Å². The molecule has 1 N–H and O–H groups in total. The Bertz CT molecular complexity index is 954. The van der Waals surface area contributed by atoms with Crippen molar-refractivity contribution in [3.63, 3.8) is 0 Å². The number of hydrogen-bond acceptors (Lipinski definition) is 6. The number of nitrogens with zero attached hydrogens (tertiary/aromatic N) is 4. The average molecular weight is 367 g/mol. The molecule has 7 heteroatoms. The predicted octanol–water partition coefficient (Wildman–Crippen LogP) is 3.34. The zero-order chi connectivity index (χ0) is 18.1. The minimum atomic E-state index is -0.0122. The van der Waals surface area contributed by atoms with Crippen LogP contribution in [0.1, 0.15) is 18.4 Å². The van der Waals surface area contributed by atoms with E-state index in [1.54, 1.807) is 17.5 Å². The average Bonchev–Trinajstić information content (AvgIpc) is 3.22. The Morgan fingerprint density at radius 3 is 2.92 bits per heavy atom. The van der Waals surface area contributed by atoms with E-state index in [1.165, 1.54) is 0 Å². The van der Waals surface area contributed by atoms with E-state index in [9.17, 15) is 4.79 Å². The SMILES string of the molecule is Cc1nnc(-c2ccc3cnc(NC(=O)CN4CCC(C)C4)cc3c2)s1. The molecule has 4 rings (SSSR count). The number of fused-ring (bicyclic) bond motifs is 1. The van der Waals surface area contributed by atoms with Crippen LogP contribution in [-0.4, -0.2) is 45.6 Å². The molecule has 0 saturated carbocycles. The molecular weight excluding hydrogens is 346 g/mol. The van der Waals surface area contributed by atoms with Gasteiger partial charge in [-0.15, -0.1) is 10.2 Å². The van der Waals surface area contributed by atoms with Crippen molar-refractivity contribution in [3.8, 4) is 10.6 Å². The standard InChI is InChI=1S/C19H21N5OS/c1-12-5-6-24(10-12)11-18(25)21-17-8-16-7-14(3-4-15(16)9-20-17)19-23-22-13(2)26-19/h3-4,7-9,12H,5-6,10-11H2,1-2H3,(H,20,21,25). The topological polar surface area (TPSA) is 71.0 Å². The Hall–Kier alpha value is -2.38. The van der Waals surface area contributed by atoms with Gasteiger partial charge in [0.1, 0.15) is 15.8 Å². The Labute approximate surface area is 156 Å². The summed E-state index contributed by atoms with van der Waals surface area (Å²) < 4.78 is 0. The third-order valence-corrected chi connectivity index (χ3v) is 5.53. The van der Waals surface area contributed by atoms with Gasteiger partial charge in [-0.2, -0.15) is 0 Å². The number of rotatable bonds is 4. The highest BCUT2D eigenvalue weighted by molar-refractivity contribution is 7.14. The second kappa shape index (κ2) is 7.09. The molecular formula is C19H21N5OS. The van der Waals surface area contributed by atoms with Crippen LogP contribution >= 0.6 is 11.3 Å². The van der Waals surface area contributed by atoms with Gasteiger partial charge in [0.25, 0.3) is 0 Å². The van der Waals surface area contributed by atoms with Gasteiger partial charge in [0, 0.05) is 23.7 Å². The van der Waals surface area contributed by atoms with Crippen molar-refractivity contribution >= 4 is 33.8 Å². The number of nitrogens with one attached hydrogen (secondary N) is 1. The van der Waals surface area contributed by atoms with E-state index in [0.29, 0.717) is 18.3 Å². The first-order valence-electron chi connectivity index (χ1n) is 8.79. The Morgan fingerprint density at radius 1 is 1.31 bits per heavy atom. The summed E-state index contributed by atoms with van der Waals surface area (Å²) in [7, 11) is 0. The largest absolute Gasteiger partial charge is 0.310 e. The summed E-state index contributed by atoms with van der Waals surface area (Å²) in [6.45, 7) is 6.57. The maximum atomic E-state index is 12.3. The molecule has 1 fully saturated rings. The molecule has 1 amide bonds. The van der Waals surface area contributed by atoms with E-state index in [1.807, 2.05) is 25.1 Å². The summed E-state index contributed by atoms with van der Waals surface area (Å²) in [5.74, 6) is 1.24. The summed E-state index contributed by atoms with van der Waals surface area (Å²) >= 11 is 1.57. The predicted molar refractivity (Wildman–Crippen MR) is 104 cm³/mol. The smallest absolute Gasteiger partial charge is 0.239 e. The fraction of sp³-hybridized carbons (Fsp3) is 0.368. The van der Waals surface area contributed by atoms with Gasteiger partial charge < -0.3 is 5.32 Å². The summed E-state index contributed by atoms with van der Waals surface area (Å²) in [4.78, 5) is 18.9. The zero-order valence-corrected chi connectivity index (χ0v) is 15.7. The lowest BCUT2D eigenvalue weighted by Gasteiger charge is -2.14. The Kier molecular flexibility index (Phi) is 4.65. The van der Waals surface area contributed by atoms with Gasteiger partial charge in [-0.25, -0.2) is 4.98 Å². The van der Waals surface area contributed by atoms with Crippen LogP contribution in [-0.2, 0) is 4.79 Å². The molecule has 0 bridgehead atoms. The lowest BCUT2D eigenvalue weighted by Crippen LogP contribution is -2.31. The zero-order valence-electron chi connectivity index (χ0n) is 14.9. The van der Waals surface area contributed by atoms with Crippen LogP contribution in [0.3, 0.4) is 0 Å². The normalized spacial score (nSPS) is 17.7. The van der Waals surface area contributed by atoms with E-state index >= 15 is 0 Å². The third-order valence-electron chi connectivity index (χ3n) is 4.64. The minimum Gasteiger partial charge on any atom is -0.310 e. The van der Waals surface area contributed by atoms with E-state index in [4.69, 9.17) is 0 Å². The second-order valence-electron chi connectivity index (χ2n) is 6.93. The Balaban J connectivity index is 1.51. The van der Waals surface area contributed by atoms with Crippen LogP contribution in [0, 0.1) is 12.8 Å². The maximum absolute atomic E-state index is 12.3. The number of benzene rings is 1. The molecule has 1 aromatic carbocycles. The number of likely N-dealkylation sites (tertiary alicyclic amines) is 1. The van der Waals surface area contributed by atoms with Gasteiger partial charge in [0.15, 0.2) is 0 Å². The number of carbonyl (C=O) groups is 1. The molecule has 1 aliphatic heterocycles. The van der Waals surface area contributed by atoms with E-state index in [2.05, 4.69) is 38.4 Å². The molecule has 134 valence electrons. The summed E-state index contributed by atoms with van der Waals surface area (Å²) in [6, 6.07) is 8.02. The molecule has 1 saturated heterocycles. The molecule has 1 unspecified atom stereocenters. The monoisotopic (exact) mass is 367 g/mol. The van der Waals surface area contributed by atoms with E-state index < -0.39 is 0 Å². The minimum absolute atomic E-state index is 0.0122. The first-order valence-corrected chi connectivity index (χ1v) is 9.61. The van der Waals surface area contributed by atoms with Crippen LogP contribution in [0.25, 0.3) is 21.3 Å². The van der Waals surface area contributed by atoms with Crippen molar-refractivity contribution in [2.24, 2.45) is 5.92 Å². The summed E-state index contributed by atoms with van der Waals surface area (Å²) in [6.07, 6.45) is 2.95. The van der Waals surface area contributed by atoms with Crippen LogP contribution < -0.4 is 5.32 Å². The lowest BCUT2D eigenvalue weighted by atomic mass is 10.1. The number of amides is 1. The maximum Gasteiger partial charge on any atom is 0.239 e. The van der Waals surface area contributed by atoms with Crippen LogP contribution in [0.2, 0.25) is 0 Å². The number of carbonyl (C=O) groups excluding carboxylic acids is 1. The van der Waals surface area contributed by atoms with Gasteiger partial charge in [0.2, 0.25) is 5.91 Å². The highest BCUT2D eigenvalue weighted by Crippen LogP contribution is 2.27. The molecule has 3 aromatic rings. The first kappa shape index (κ1) is 17.1. The van der Waals surface area contributed by atoms with Crippen LogP contribution in [0.4, 0.5) is 5.82 Å². The van der Waals surface area contributed by atoms with Crippen molar-refractivity contribution in [1.29, 1.82) is 0 Å². The highest BCUT2D eigenvalue weighted by atomic mass is 32.1. The molecule has 1 aliphatic rings. The first-order chi connectivity index (χ1) is 12.6. The summed E-state index contributed by atoms with van der Waals surface area (Å²) in [5.41, 5.74) is 1.03. The van der Waals surface area contributed by atoms with Crippen molar-refractivity contribution in [3.05, 3.63) is 35.5 Å². The molecule has 3 heterocycles. The fourth-order valence-corrected chi connectivity index (χ4v) is 4.00. The number of pyridine rings is 1. The number of aryl methyl sites for hydroxylation is 1. The van der Waals surface area contributed by atoms with E-state index in [-0.39, 0.29) is 5.91 Å². The molecule has 2 aromatic heterocycles. The quantitative estimate of drug-likeness (QED) is 0.766. The summed E-state index contributed by atoms with van der Waals surface area (Å²) in [5, 5.41) is 15.1. The Morgan fingerprint density at radius 2 is 2.19 bits per heavy atom.